The zero-order valence-electron chi connectivity index (χ0n) is 12.9. The second-order valence-electron chi connectivity index (χ2n) is 5.93. The van der Waals surface area contributed by atoms with Crippen LogP contribution in [-0.4, -0.2) is 38.9 Å². The second kappa shape index (κ2) is 5.72. The van der Waals surface area contributed by atoms with Gasteiger partial charge in [-0.15, -0.1) is 0 Å². The summed E-state index contributed by atoms with van der Waals surface area (Å²) in [4.78, 5) is 22.9. The second-order valence-corrected chi connectivity index (χ2v) is 6.37. The Kier molecular flexibility index (Phi) is 3.91. The van der Waals surface area contributed by atoms with Crippen molar-refractivity contribution >= 4 is 34.2 Å². The van der Waals surface area contributed by atoms with E-state index in [0.29, 0.717) is 22.9 Å². The first kappa shape index (κ1) is 15.0. The molecule has 1 aliphatic rings. The van der Waals surface area contributed by atoms with Gasteiger partial charge in [0.05, 0.1) is 5.52 Å². The summed E-state index contributed by atoms with van der Waals surface area (Å²) in [5.41, 5.74) is 0.760. The maximum absolute atomic E-state index is 12.5. The molecule has 0 aliphatic carbocycles. The maximum Gasteiger partial charge on any atom is 0.245 e. The van der Waals surface area contributed by atoms with Crippen molar-refractivity contribution in [2.24, 2.45) is 0 Å². The molecule has 22 heavy (non-hydrogen) atoms. The van der Waals surface area contributed by atoms with Crippen LogP contribution >= 0.6 is 11.6 Å². The average Bonchev–Trinajstić information content (AvgIpc) is 2.46. The number of amides is 1. The molecule has 0 bridgehead atoms. The molecule has 1 aromatic carbocycles. The summed E-state index contributed by atoms with van der Waals surface area (Å²) in [6.45, 7) is 6.02. The van der Waals surface area contributed by atoms with Crippen LogP contribution in [0, 0.1) is 0 Å². The third-order valence-corrected chi connectivity index (χ3v) is 4.44. The molecule has 0 radical (unpaired) electrons. The van der Waals surface area contributed by atoms with Crippen LogP contribution in [0.4, 0.5) is 5.82 Å². The van der Waals surface area contributed by atoms with E-state index in [2.05, 4.69) is 29.1 Å². The van der Waals surface area contributed by atoms with Crippen LogP contribution in [0.5, 0.6) is 0 Å². The lowest BCUT2D eigenvalue weighted by molar-refractivity contribution is -0.143. The number of rotatable bonds is 3. The third kappa shape index (κ3) is 2.61. The molecule has 1 aliphatic heterocycles. The van der Waals surface area contributed by atoms with Gasteiger partial charge >= 0.3 is 0 Å². The van der Waals surface area contributed by atoms with Crippen molar-refractivity contribution in [1.29, 1.82) is 0 Å². The summed E-state index contributed by atoms with van der Waals surface area (Å²) in [6, 6.07) is 5.74. The molecule has 1 N–H and O–H groups in total. The molecule has 0 unspecified atom stereocenters. The van der Waals surface area contributed by atoms with E-state index in [1.54, 1.807) is 12.1 Å². The van der Waals surface area contributed by atoms with Gasteiger partial charge in [-0.2, -0.15) is 0 Å². The molecule has 116 valence electrons. The number of carbonyl (C=O) groups excluding carboxylic acids is 1. The SMILES string of the molecule is C[C@@H]1C[C@@H](C)N1C(=O)[C@@H](C)Nc1ncnc2cc(Cl)ccc12. The van der Waals surface area contributed by atoms with Crippen LogP contribution in [0.2, 0.25) is 5.02 Å². The first-order valence-corrected chi connectivity index (χ1v) is 7.84. The molecule has 6 heteroatoms. The lowest BCUT2D eigenvalue weighted by atomic mass is 9.94. The molecular formula is C16H19ClN4O. The van der Waals surface area contributed by atoms with Crippen LogP contribution in [0.15, 0.2) is 24.5 Å². The number of anilines is 1. The Morgan fingerprint density at radius 3 is 2.77 bits per heavy atom. The molecule has 0 saturated carbocycles. The number of halogens is 1. The van der Waals surface area contributed by atoms with Crippen LogP contribution in [0.25, 0.3) is 10.9 Å². The fourth-order valence-corrected chi connectivity index (χ4v) is 3.25. The molecule has 1 fully saturated rings. The van der Waals surface area contributed by atoms with Crippen LogP contribution in [-0.2, 0) is 4.79 Å². The summed E-state index contributed by atoms with van der Waals surface area (Å²) in [5.74, 6) is 0.760. The van der Waals surface area contributed by atoms with Gasteiger partial charge in [0.2, 0.25) is 5.91 Å². The van der Waals surface area contributed by atoms with Crippen LogP contribution in [0.3, 0.4) is 0 Å². The molecular weight excluding hydrogens is 300 g/mol. The minimum Gasteiger partial charge on any atom is -0.358 e. The smallest absolute Gasteiger partial charge is 0.245 e. The number of nitrogens with zero attached hydrogens (tertiary/aromatic N) is 3. The van der Waals surface area contributed by atoms with Crippen molar-refractivity contribution in [2.45, 2.75) is 45.3 Å². The van der Waals surface area contributed by atoms with Gasteiger partial charge < -0.3 is 10.2 Å². The van der Waals surface area contributed by atoms with E-state index in [-0.39, 0.29) is 11.9 Å². The summed E-state index contributed by atoms with van der Waals surface area (Å²) in [7, 11) is 0. The first-order chi connectivity index (χ1) is 10.5. The van der Waals surface area contributed by atoms with Gasteiger partial charge in [0.1, 0.15) is 18.2 Å². The molecule has 1 aromatic heterocycles. The highest BCUT2D eigenvalue weighted by Crippen LogP contribution is 2.27. The molecule has 2 heterocycles. The van der Waals surface area contributed by atoms with E-state index in [9.17, 15) is 4.79 Å². The van der Waals surface area contributed by atoms with Crippen molar-refractivity contribution in [2.75, 3.05) is 5.32 Å². The Morgan fingerprint density at radius 1 is 1.36 bits per heavy atom. The average molecular weight is 319 g/mol. The normalized spacial score (nSPS) is 22.3. The standard InChI is InChI=1S/C16H19ClN4O/c1-9-6-10(2)21(9)16(22)11(3)20-15-13-5-4-12(17)7-14(13)18-8-19-15/h4-5,7-11H,6H2,1-3H3,(H,18,19,20)/t9-,10-,11-/m1/s1. The molecule has 0 spiro atoms. The lowest BCUT2D eigenvalue weighted by Crippen LogP contribution is -2.59. The fraction of sp³-hybridized carbons (Fsp3) is 0.438. The Bertz CT molecular complexity index is 712. The zero-order valence-corrected chi connectivity index (χ0v) is 13.6. The maximum atomic E-state index is 12.5. The monoisotopic (exact) mass is 318 g/mol. The van der Waals surface area contributed by atoms with Gasteiger partial charge in [-0.25, -0.2) is 9.97 Å². The molecule has 1 amide bonds. The van der Waals surface area contributed by atoms with E-state index in [1.807, 2.05) is 17.9 Å². The van der Waals surface area contributed by atoms with Crippen molar-refractivity contribution in [3.63, 3.8) is 0 Å². The number of benzene rings is 1. The minimum absolute atomic E-state index is 0.104. The number of nitrogens with one attached hydrogen (secondary N) is 1. The van der Waals surface area contributed by atoms with Gasteiger partial charge in [-0.3, -0.25) is 4.79 Å². The number of aromatic nitrogens is 2. The van der Waals surface area contributed by atoms with E-state index >= 15 is 0 Å². The Hall–Kier alpha value is -1.88. The Morgan fingerprint density at radius 2 is 2.09 bits per heavy atom. The van der Waals surface area contributed by atoms with Gasteiger partial charge in [-0.1, -0.05) is 11.6 Å². The van der Waals surface area contributed by atoms with Gasteiger partial charge in [0, 0.05) is 22.5 Å². The van der Waals surface area contributed by atoms with E-state index in [4.69, 9.17) is 11.6 Å². The largest absolute Gasteiger partial charge is 0.358 e. The molecule has 1 saturated heterocycles. The third-order valence-electron chi connectivity index (χ3n) is 4.21. The molecule has 2 aromatic rings. The Balaban J connectivity index is 1.82. The highest BCUT2D eigenvalue weighted by molar-refractivity contribution is 6.31. The number of carbonyl (C=O) groups is 1. The highest BCUT2D eigenvalue weighted by Gasteiger charge is 2.37. The highest BCUT2D eigenvalue weighted by atomic mass is 35.5. The van der Waals surface area contributed by atoms with Gasteiger partial charge in [0.15, 0.2) is 0 Å². The molecule has 5 nitrogen and oxygen atoms in total. The van der Waals surface area contributed by atoms with Crippen LogP contribution < -0.4 is 5.32 Å². The summed E-state index contributed by atoms with van der Waals surface area (Å²) in [6.07, 6.45) is 2.54. The van der Waals surface area contributed by atoms with Gasteiger partial charge in [-0.05, 0) is 45.4 Å². The number of fused-ring (bicyclic) bond motifs is 1. The number of likely N-dealkylation sites (tertiary alicyclic amines) is 1. The summed E-state index contributed by atoms with van der Waals surface area (Å²) < 4.78 is 0. The van der Waals surface area contributed by atoms with Crippen molar-refractivity contribution in [3.05, 3.63) is 29.5 Å². The summed E-state index contributed by atoms with van der Waals surface area (Å²) >= 11 is 5.99. The van der Waals surface area contributed by atoms with Crippen molar-refractivity contribution in [1.82, 2.24) is 14.9 Å². The predicted octanol–water partition coefficient (Wildman–Crippen LogP) is 3.09. The van der Waals surface area contributed by atoms with Gasteiger partial charge in [0.25, 0.3) is 0 Å². The predicted molar refractivity (Wildman–Crippen MR) is 88.0 cm³/mol. The van der Waals surface area contributed by atoms with Crippen molar-refractivity contribution in [3.8, 4) is 0 Å². The van der Waals surface area contributed by atoms with Crippen molar-refractivity contribution < 1.29 is 4.79 Å². The quantitative estimate of drug-likeness (QED) is 0.944. The molecule has 3 rings (SSSR count). The molecule has 3 atom stereocenters. The topological polar surface area (TPSA) is 58.1 Å². The first-order valence-electron chi connectivity index (χ1n) is 7.46. The lowest BCUT2D eigenvalue weighted by Gasteiger charge is -2.46. The minimum atomic E-state index is -0.334. The zero-order chi connectivity index (χ0) is 15.9. The number of hydrogen-bond acceptors (Lipinski definition) is 4. The van der Waals surface area contributed by atoms with Crippen LogP contribution in [0.1, 0.15) is 27.2 Å². The van der Waals surface area contributed by atoms with E-state index in [0.717, 1.165) is 17.3 Å². The number of hydrogen-bond donors (Lipinski definition) is 1. The fourth-order valence-electron chi connectivity index (χ4n) is 3.09. The van der Waals surface area contributed by atoms with E-state index in [1.165, 1.54) is 6.33 Å². The Labute approximate surface area is 134 Å². The summed E-state index contributed by atoms with van der Waals surface area (Å²) in [5, 5.41) is 4.70. The van der Waals surface area contributed by atoms with E-state index < -0.39 is 0 Å².